The van der Waals surface area contributed by atoms with Gasteiger partial charge in [-0.25, -0.2) is 0 Å². The number of aliphatic hydroxyl groups excluding tert-OH is 1. The van der Waals surface area contributed by atoms with Crippen molar-refractivity contribution in [3.8, 4) is 0 Å². The van der Waals surface area contributed by atoms with Crippen LogP contribution in [0.1, 0.15) is 50.6 Å². The predicted molar refractivity (Wildman–Crippen MR) is 75.5 cm³/mol. The molecule has 1 heterocycles. The van der Waals surface area contributed by atoms with Crippen LogP contribution in [0.5, 0.6) is 0 Å². The lowest BCUT2D eigenvalue weighted by molar-refractivity contribution is -0.0690. The lowest BCUT2D eigenvalue weighted by Gasteiger charge is -2.49. The number of hydrogen-bond acceptors (Lipinski definition) is 2. The van der Waals surface area contributed by atoms with E-state index in [-0.39, 0.29) is 29.5 Å². The molecule has 1 aliphatic rings. The van der Waals surface area contributed by atoms with Gasteiger partial charge in [0.15, 0.2) is 0 Å². The molecule has 1 aromatic rings. The Hall–Kier alpha value is -1.00. The zero-order valence-electron chi connectivity index (χ0n) is 11.8. The van der Waals surface area contributed by atoms with Gasteiger partial charge in [0.25, 0.3) is 5.91 Å². The number of carbonyl (C=O) groups is 1. The van der Waals surface area contributed by atoms with Gasteiger partial charge >= 0.3 is 0 Å². The van der Waals surface area contributed by atoms with Crippen molar-refractivity contribution >= 4 is 17.5 Å². The van der Waals surface area contributed by atoms with E-state index in [1.165, 1.54) is 0 Å². The van der Waals surface area contributed by atoms with E-state index in [1.807, 2.05) is 32.3 Å². The molecule has 2 N–H and O–H groups in total. The maximum atomic E-state index is 12.3. The molecule has 1 saturated carbocycles. The number of rotatable bonds is 3. The number of hydrogen-bond donors (Lipinski definition) is 2. The van der Waals surface area contributed by atoms with Crippen molar-refractivity contribution in [3.63, 3.8) is 0 Å². The van der Waals surface area contributed by atoms with Crippen LogP contribution in [0.25, 0.3) is 0 Å². The number of nitrogens with zero attached hydrogens (tertiary/aromatic N) is 1. The summed E-state index contributed by atoms with van der Waals surface area (Å²) >= 11 is 5.98. The monoisotopic (exact) mass is 284 g/mol. The summed E-state index contributed by atoms with van der Waals surface area (Å²) < 4.78 is 1.86. The Balaban J connectivity index is 2.13. The number of aliphatic hydroxyl groups is 1. The summed E-state index contributed by atoms with van der Waals surface area (Å²) in [6, 6.07) is 1.86. The van der Waals surface area contributed by atoms with Crippen molar-refractivity contribution in [1.82, 2.24) is 9.88 Å². The maximum Gasteiger partial charge on any atom is 0.268 e. The van der Waals surface area contributed by atoms with E-state index in [0.717, 1.165) is 0 Å². The van der Waals surface area contributed by atoms with Crippen LogP contribution in [-0.4, -0.2) is 27.7 Å². The van der Waals surface area contributed by atoms with Gasteiger partial charge in [-0.05, 0) is 26.3 Å². The molecule has 0 spiro atoms. The second-order valence-electron chi connectivity index (χ2n) is 6.14. The summed E-state index contributed by atoms with van der Waals surface area (Å²) in [4.78, 5) is 12.3. The minimum absolute atomic E-state index is 0.00397. The summed E-state index contributed by atoms with van der Waals surface area (Å²) in [6.07, 6.45) is 2.02. The van der Waals surface area contributed by atoms with E-state index in [9.17, 15) is 9.90 Å². The molecular weight excluding hydrogens is 264 g/mol. The fourth-order valence-corrected chi connectivity index (χ4v) is 2.64. The molecule has 0 aromatic carbocycles. The molecular formula is C14H21ClN2O2. The standard InChI is InChI=1S/C14H21ClN2O2/c1-8(2)17-7-9(15)5-10(17)13(19)16-11-6-12(18)14(11,3)4/h5,7-8,11-12,18H,6H2,1-4H3,(H,16,19). The smallest absolute Gasteiger partial charge is 0.268 e. The van der Waals surface area contributed by atoms with Crippen molar-refractivity contribution in [2.45, 2.75) is 52.3 Å². The Morgan fingerprint density at radius 2 is 2.21 bits per heavy atom. The zero-order valence-corrected chi connectivity index (χ0v) is 12.5. The van der Waals surface area contributed by atoms with Crippen molar-refractivity contribution in [2.24, 2.45) is 5.41 Å². The maximum absolute atomic E-state index is 12.3. The lowest BCUT2D eigenvalue weighted by Crippen LogP contribution is -2.61. The van der Waals surface area contributed by atoms with Crippen LogP contribution in [0.2, 0.25) is 5.02 Å². The van der Waals surface area contributed by atoms with E-state index in [1.54, 1.807) is 12.3 Å². The van der Waals surface area contributed by atoms with Gasteiger partial charge in [-0.15, -0.1) is 0 Å². The SMILES string of the molecule is CC(C)n1cc(Cl)cc1C(=O)NC1CC(O)C1(C)C. The molecule has 106 valence electrons. The first kappa shape index (κ1) is 14.4. The van der Waals surface area contributed by atoms with Gasteiger partial charge in [-0.1, -0.05) is 25.4 Å². The summed E-state index contributed by atoms with van der Waals surface area (Å²) in [7, 11) is 0. The van der Waals surface area contributed by atoms with E-state index in [4.69, 9.17) is 11.6 Å². The number of halogens is 1. The molecule has 0 aliphatic heterocycles. The third-order valence-corrected chi connectivity index (χ3v) is 4.33. The normalized spacial score (nSPS) is 25.2. The van der Waals surface area contributed by atoms with Crippen molar-refractivity contribution in [1.29, 1.82) is 0 Å². The van der Waals surface area contributed by atoms with Gasteiger partial charge in [0.1, 0.15) is 5.69 Å². The van der Waals surface area contributed by atoms with Crippen LogP contribution < -0.4 is 5.32 Å². The topological polar surface area (TPSA) is 54.3 Å². The number of aromatic nitrogens is 1. The first-order valence-corrected chi connectivity index (χ1v) is 6.97. The molecule has 5 heteroatoms. The molecule has 4 nitrogen and oxygen atoms in total. The summed E-state index contributed by atoms with van der Waals surface area (Å²) in [5.41, 5.74) is 0.298. The first-order chi connectivity index (χ1) is 8.73. The molecule has 2 rings (SSSR count). The number of carbonyl (C=O) groups excluding carboxylic acids is 1. The molecule has 1 aromatic heterocycles. The van der Waals surface area contributed by atoms with Crippen LogP contribution in [-0.2, 0) is 0 Å². The average Bonchev–Trinajstić information content (AvgIpc) is 2.71. The minimum Gasteiger partial charge on any atom is -0.392 e. The molecule has 0 radical (unpaired) electrons. The highest BCUT2D eigenvalue weighted by molar-refractivity contribution is 6.31. The number of nitrogens with one attached hydrogen (secondary N) is 1. The third kappa shape index (κ3) is 2.51. The Morgan fingerprint density at radius 3 is 2.68 bits per heavy atom. The predicted octanol–water partition coefficient (Wildman–Crippen LogP) is 2.61. The van der Waals surface area contributed by atoms with E-state index in [0.29, 0.717) is 17.1 Å². The van der Waals surface area contributed by atoms with Crippen LogP contribution in [0, 0.1) is 5.41 Å². The Labute approximate surface area is 118 Å². The molecule has 2 unspecified atom stereocenters. The highest BCUT2D eigenvalue weighted by Gasteiger charge is 2.48. The van der Waals surface area contributed by atoms with Gasteiger partial charge in [0, 0.05) is 23.7 Å². The molecule has 2 atom stereocenters. The van der Waals surface area contributed by atoms with E-state index in [2.05, 4.69) is 5.32 Å². The second-order valence-corrected chi connectivity index (χ2v) is 6.58. The van der Waals surface area contributed by atoms with Gasteiger partial charge in [0.05, 0.1) is 11.1 Å². The van der Waals surface area contributed by atoms with Crippen LogP contribution >= 0.6 is 11.6 Å². The lowest BCUT2D eigenvalue weighted by atomic mass is 9.64. The Kier molecular flexibility index (Phi) is 3.67. The van der Waals surface area contributed by atoms with Gasteiger partial charge in [0.2, 0.25) is 0 Å². The third-order valence-electron chi connectivity index (χ3n) is 4.13. The second kappa shape index (κ2) is 4.84. The van der Waals surface area contributed by atoms with Gasteiger partial charge in [-0.3, -0.25) is 4.79 Å². The molecule has 1 amide bonds. The fourth-order valence-electron chi connectivity index (χ4n) is 2.43. The van der Waals surface area contributed by atoms with Crippen molar-refractivity contribution in [2.75, 3.05) is 0 Å². The summed E-state index contributed by atoms with van der Waals surface area (Å²) in [6.45, 7) is 7.93. The van der Waals surface area contributed by atoms with Crippen LogP contribution in [0.3, 0.4) is 0 Å². The van der Waals surface area contributed by atoms with Crippen molar-refractivity contribution in [3.05, 3.63) is 23.0 Å². The summed E-state index contributed by atoms with van der Waals surface area (Å²) in [5.74, 6) is -0.134. The fraction of sp³-hybridized carbons (Fsp3) is 0.643. The average molecular weight is 285 g/mol. The Morgan fingerprint density at radius 1 is 1.58 bits per heavy atom. The van der Waals surface area contributed by atoms with Gasteiger partial charge in [-0.2, -0.15) is 0 Å². The van der Waals surface area contributed by atoms with E-state index < -0.39 is 0 Å². The molecule has 0 bridgehead atoms. The van der Waals surface area contributed by atoms with Crippen LogP contribution in [0.15, 0.2) is 12.3 Å². The van der Waals surface area contributed by atoms with Crippen LogP contribution in [0.4, 0.5) is 0 Å². The van der Waals surface area contributed by atoms with E-state index >= 15 is 0 Å². The molecule has 19 heavy (non-hydrogen) atoms. The number of amides is 1. The molecule has 0 saturated heterocycles. The highest BCUT2D eigenvalue weighted by atomic mass is 35.5. The Bertz CT molecular complexity index is 494. The zero-order chi connectivity index (χ0) is 14.4. The largest absolute Gasteiger partial charge is 0.392 e. The first-order valence-electron chi connectivity index (χ1n) is 6.59. The highest BCUT2D eigenvalue weighted by Crippen LogP contribution is 2.40. The van der Waals surface area contributed by atoms with Crippen molar-refractivity contribution < 1.29 is 9.90 Å². The summed E-state index contributed by atoms with van der Waals surface area (Å²) in [5, 5.41) is 13.2. The molecule has 1 aliphatic carbocycles. The van der Waals surface area contributed by atoms with Gasteiger partial charge < -0.3 is 15.0 Å². The molecule has 1 fully saturated rings. The minimum atomic E-state index is -0.349. The quantitative estimate of drug-likeness (QED) is 0.896.